The third-order valence-electron chi connectivity index (χ3n) is 4.16. The van der Waals surface area contributed by atoms with Crippen LogP contribution in [0.1, 0.15) is 35.2 Å². The third-order valence-corrected chi connectivity index (χ3v) is 7.50. The molecular formula is C20H20ClN3O4S2. The average molecular weight is 466 g/mol. The number of carbonyl (C=O) groups is 1. The van der Waals surface area contributed by atoms with Gasteiger partial charge in [-0.05, 0) is 55.8 Å². The van der Waals surface area contributed by atoms with Gasteiger partial charge in [-0.15, -0.1) is 11.3 Å². The first-order chi connectivity index (χ1) is 14.2. The van der Waals surface area contributed by atoms with Crippen molar-refractivity contribution in [3.05, 3.63) is 57.2 Å². The van der Waals surface area contributed by atoms with Crippen LogP contribution < -0.4 is 10.0 Å². The number of sulfonamides is 1. The van der Waals surface area contributed by atoms with Gasteiger partial charge >= 0.3 is 0 Å². The summed E-state index contributed by atoms with van der Waals surface area (Å²) in [6.07, 6.45) is 3.67. The van der Waals surface area contributed by atoms with Gasteiger partial charge < -0.3 is 9.84 Å². The van der Waals surface area contributed by atoms with E-state index in [1.54, 1.807) is 50.3 Å². The van der Waals surface area contributed by atoms with Crippen LogP contribution in [0.3, 0.4) is 0 Å². The molecule has 2 aromatic heterocycles. The second-order valence-electron chi connectivity index (χ2n) is 6.47. The van der Waals surface area contributed by atoms with Gasteiger partial charge in [0.05, 0.1) is 5.69 Å². The molecule has 0 fully saturated rings. The minimum absolute atomic E-state index is 0.150. The fourth-order valence-corrected chi connectivity index (χ4v) is 4.93. The van der Waals surface area contributed by atoms with E-state index in [1.807, 2.05) is 6.92 Å². The molecule has 0 atom stereocenters. The number of amides is 1. The molecule has 0 aliphatic rings. The summed E-state index contributed by atoms with van der Waals surface area (Å²) in [4.78, 5) is 12.4. The molecule has 0 spiro atoms. The Balaban J connectivity index is 1.78. The molecule has 0 aliphatic carbocycles. The van der Waals surface area contributed by atoms with E-state index in [1.165, 1.54) is 6.07 Å². The molecule has 7 nitrogen and oxygen atoms in total. The van der Waals surface area contributed by atoms with Gasteiger partial charge in [0.25, 0.3) is 10.0 Å². The van der Waals surface area contributed by atoms with E-state index in [9.17, 15) is 13.2 Å². The molecule has 0 unspecified atom stereocenters. The van der Waals surface area contributed by atoms with Gasteiger partial charge in [0, 0.05) is 16.3 Å². The normalized spacial score (nSPS) is 11.7. The lowest BCUT2D eigenvalue weighted by atomic mass is 10.2. The van der Waals surface area contributed by atoms with Crippen LogP contribution in [0.25, 0.3) is 12.2 Å². The molecule has 2 N–H and O–H groups in total. The molecule has 10 heteroatoms. The minimum Gasteiger partial charge on any atom is -0.354 e. The summed E-state index contributed by atoms with van der Waals surface area (Å²) < 4.78 is 33.2. The van der Waals surface area contributed by atoms with Gasteiger partial charge in [0.1, 0.15) is 15.6 Å². The zero-order chi connectivity index (χ0) is 21.9. The maximum Gasteiger partial charge on any atom is 0.271 e. The Labute approximate surface area is 183 Å². The number of carbonyl (C=O) groups excluding carboxylic acids is 1. The summed E-state index contributed by atoms with van der Waals surface area (Å²) >= 11 is 7.16. The van der Waals surface area contributed by atoms with Gasteiger partial charge in [-0.25, -0.2) is 8.42 Å². The van der Waals surface area contributed by atoms with Crippen LogP contribution in [0.4, 0.5) is 11.4 Å². The van der Waals surface area contributed by atoms with Crippen LogP contribution in [0.15, 0.2) is 39.1 Å². The van der Waals surface area contributed by atoms with Crippen LogP contribution in [-0.2, 0) is 14.8 Å². The molecule has 1 aromatic carbocycles. The molecule has 0 aliphatic heterocycles. The van der Waals surface area contributed by atoms with Crippen molar-refractivity contribution < 1.29 is 17.7 Å². The standard InChI is InChI=1S/C20H20ClN3O4S2/c1-4-18(25)22-20-13(3)23-28-17(20)9-7-15-8-10-19(29-15)30(26,27)24-14-6-5-12(2)16(21)11-14/h5-11,24H,4H2,1-3H3,(H,22,25)/b9-7+. The Bertz CT molecular complexity index is 1210. The number of nitrogens with zero attached hydrogens (tertiary/aromatic N) is 1. The van der Waals surface area contributed by atoms with Crippen molar-refractivity contribution >= 4 is 62.4 Å². The maximum absolute atomic E-state index is 12.7. The van der Waals surface area contributed by atoms with Crippen molar-refractivity contribution in [3.8, 4) is 0 Å². The number of nitrogens with one attached hydrogen (secondary N) is 2. The number of benzene rings is 1. The molecule has 0 saturated heterocycles. The highest BCUT2D eigenvalue weighted by atomic mass is 35.5. The van der Waals surface area contributed by atoms with Crippen molar-refractivity contribution in [2.75, 3.05) is 10.0 Å². The SMILES string of the molecule is CCC(=O)Nc1c(C)noc1/C=C/c1ccc(S(=O)(=O)Nc2ccc(C)c(Cl)c2)s1. The second-order valence-corrected chi connectivity index (χ2v) is 9.90. The average Bonchev–Trinajstić information content (AvgIpc) is 3.31. The van der Waals surface area contributed by atoms with Crippen LogP contribution in [0.5, 0.6) is 0 Å². The Kier molecular flexibility index (Phi) is 6.64. The molecule has 0 bridgehead atoms. The van der Waals surface area contributed by atoms with Gasteiger partial charge in [-0.2, -0.15) is 0 Å². The highest BCUT2D eigenvalue weighted by Gasteiger charge is 2.17. The molecule has 2 heterocycles. The van der Waals surface area contributed by atoms with Crippen molar-refractivity contribution in [3.63, 3.8) is 0 Å². The number of hydrogen-bond donors (Lipinski definition) is 2. The summed E-state index contributed by atoms with van der Waals surface area (Å²) in [6, 6.07) is 8.18. The van der Waals surface area contributed by atoms with E-state index in [4.69, 9.17) is 16.1 Å². The van der Waals surface area contributed by atoms with Crippen molar-refractivity contribution in [1.29, 1.82) is 0 Å². The van der Waals surface area contributed by atoms with Crippen LogP contribution in [0, 0.1) is 13.8 Å². The molecule has 0 saturated carbocycles. The predicted molar refractivity (Wildman–Crippen MR) is 120 cm³/mol. The number of halogens is 1. The quantitative estimate of drug-likeness (QED) is 0.491. The molecular weight excluding hydrogens is 446 g/mol. The van der Waals surface area contributed by atoms with Crippen LogP contribution in [-0.4, -0.2) is 19.5 Å². The van der Waals surface area contributed by atoms with Crippen molar-refractivity contribution in [2.24, 2.45) is 0 Å². The van der Waals surface area contributed by atoms with Crippen LogP contribution >= 0.6 is 22.9 Å². The zero-order valence-electron chi connectivity index (χ0n) is 16.5. The molecule has 30 heavy (non-hydrogen) atoms. The third kappa shape index (κ3) is 5.10. The summed E-state index contributed by atoms with van der Waals surface area (Å²) in [5.74, 6) is 0.238. The molecule has 3 rings (SSSR count). The number of rotatable bonds is 7. The first-order valence-corrected chi connectivity index (χ1v) is 11.7. The lowest BCUT2D eigenvalue weighted by molar-refractivity contribution is -0.115. The van der Waals surface area contributed by atoms with Gasteiger partial charge in [-0.1, -0.05) is 29.7 Å². The second kappa shape index (κ2) is 9.03. The van der Waals surface area contributed by atoms with E-state index >= 15 is 0 Å². The minimum atomic E-state index is -3.75. The van der Waals surface area contributed by atoms with Crippen molar-refractivity contribution in [1.82, 2.24) is 5.16 Å². The number of anilines is 2. The smallest absolute Gasteiger partial charge is 0.271 e. The van der Waals surface area contributed by atoms with Crippen molar-refractivity contribution in [2.45, 2.75) is 31.4 Å². The molecule has 158 valence electrons. The number of hydrogen-bond acceptors (Lipinski definition) is 6. The maximum atomic E-state index is 12.7. The summed E-state index contributed by atoms with van der Waals surface area (Å²) in [5.41, 5.74) is 2.32. The Hall–Kier alpha value is -2.62. The Morgan fingerprint density at radius 1 is 1.23 bits per heavy atom. The topological polar surface area (TPSA) is 101 Å². The zero-order valence-corrected chi connectivity index (χ0v) is 18.9. The molecule has 0 radical (unpaired) electrons. The fourth-order valence-electron chi connectivity index (χ4n) is 2.47. The first kappa shape index (κ1) is 22.1. The summed E-state index contributed by atoms with van der Waals surface area (Å²) in [6.45, 7) is 5.32. The number of thiophene rings is 1. The highest BCUT2D eigenvalue weighted by molar-refractivity contribution is 7.94. The predicted octanol–water partition coefficient (Wildman–Crippen LogP) is 5.33. The number of aryl methyl sites for hydroxylation is 2. The monoisotopic (exact) mass is 465 g/mol. The number of aromatic nitrogens is 1. The molecule has 3 aromatic rings. The van der Waals surface area contributed by atoms with Gasteiger partial charge in [0.2, 0.25) is 5.91 Å². The summed E-state index contributed by atoms with van der Waals surface area (Å²) in [5, 5.41) is 7.10. The summed E-state index contributed by atoms with van der Waals surface area (Å²) in [7, 11) is -3.75. The van der Waals surface area contributed by atoms with Gasteiger partial charge in [-0.3, -0.25) is 9.52 Å². The van der Waals surface area contributed by atoms with E-state index < -0.39 is 10.0 Å². The highest BCUT2D eigenvalue weighted by Crippen LogP contribution is 2.28. The fraction of sp³-hybridized carbons (Fsp3) is 0.200. The van der Waals surface area contributed by atoms with E-state index in [0.29, 0.717) is 39.1 Å². The van der Waals surface area contributed by atoms with Crippen LogP contribution in [0.2, 0.25) is 5.02 Å². The lowest BCUT2D eigenvalue weighted by Crippen LogP contribution is -2.11. The van der Waals surface area contributed by atoms with E-state index in [0.717, 1.165) is 16.9 Å². The molecule has 1 amide bonds. The largest absolute Gasteiger partial charge is 0.354 e. The van der Waals surface area contributed by atoms with E-state index in [2.05, 4.69) is 15.2 Å². The first-order valence-electron chi connectivity index (χ1n) is 9.02. The van der Waals surface area contributed by atoms with Gasteiger partial charge in [0.15, 0.2) is 5.76 Å². The Morgan fingerprint density at radius 2 is 2.00 bits per heavy atom. The lowest BCUT2D eigenvalue weighted by Gasteiger charge is -2.07. The Morgan fingerprint density at radius 3 is 2.70 bits per heavy atom. The van der Waals surface area contributed by atoms with E-state index in [-0.39, 0.29) is 10.1 Å².